The van der Waals surface area contributed by atoms with Crippen molar-refractivity contribution in [1.82, 2.24) is 15.0 Å². The van der Waals surface area contributed by atoms with Gasteiger partial charge < -0.3 is 0 Å². The predicted molar refractivity (Wildman–Crippen MR) is 179 cm³/mol. The third-order valence-electron chi connectivity index (χ3n) is 8.09. The molecule has 4 nitrogen and oxygen atoms in total. The molecule has 2 aromatic heterocycles. The standard InChI is InChI=1S/C40H24N4/c41-25-26-19-21-30(22-20-26)38-40(44-37(29-14-5-2-6-15-29)36(43-38)28-12-3-1-4-13-28)35-32-17-9-10-18-34(32)42-39-31-16-8-7-11-27(31)23-24-33(35)39/h1-24H. The van der Waals surface area contributed by atoms with Gasteiger partial charge in [0.2, 0.25) is 0 Å². The minimum absolute atomic E-state index is 0.596. The SMILES string of the molecule is N#Cc1ccc(-c2nc(-c3ccccc3)c(-c3ccccc3)nc2-c2c3ccccc3nc3c2ccc2ccccc23)cc1. The molecule has 0 saturated heterocycles. The first-order valence-electron chi connectivity index (χ1n) is 14.5. The second kappa shape index (κ2) is 10.6. The van der Waals surface area contributed by atoms with Crippen LogP contribution in [0, 0.1) is 11.3 Å². The molecule has 0 unspecified atom stereocenters. The molecule has 204 valence electrons. The highest BCUT2D eigenvalue weighted by Gasteiger charge is 2.23. The molecule has 0 aliphatic heterocycles. The molecule has 0 saturated carbocycles. The number of rotatable bonds is 4. The van der Waals surface area contributed by atoms with E-state index in [1.165, 1.54) is 0 Å². The molecule has 0 amide bonds. The maximum atomic E-state index is 9.53. The number of hydrogen-bond donors (Lipinski definition) is 0. The summed E-state index contributed by atoms with van der Waals surface area (Å²) in [6.45, 7) is 0. The van der Waals surface area contributed by atoms with Crippen LogP contribution in [-0.2, 0) is 0 Å². The zero-order valence-electron chi connectivity index (χ0n) is 23.6. The van der Waals surface area contributed by atoms with Crippen molar-refractivity contribution in [3.05, 3.63) is 151 Å². The molecule has 44 heavy (non-hydrogen) atoms. The minimum atomic E-state index is 0.596. The van der Waals surface area contributed by atoms with E-state index in [0.29, 0.717) is 5.56 Å². The van der Waals surface area contributed by atoms with E-state index in [1.807, 2.05) is 72.8 Å². The van der Waals surface area contributed by atoms with Crippen LogP contribution in [-0.4, -0.2) is 15.0 Å². The van der Waals surface area contributed by atoms with E-state index in [1.54, 1.807) is 0 Å². The topological polar surface area (TPSA) is 62.5 Å². The van der Waals surface area contributed by atoms with Crippen LogP contribution in [0.2, 0.25) is 0 Å². The summed E-state index contributed by atoms with van der Waals surface area (Å²) >= 11 is 0. The van der Waals surface area contributed by atoms with E-state index < -0.39 is 0 Å². The smallest absolute Gasteiger partial charge is 0.0991 e. The number of nitriles is 1. The molecule has 4 heteroatoms. The largest absolute Gasteiger partial charge is 0.247 e. The van der Waals surface area contributed by atoms with Gasteiger partial charge in [-0.1, -0.05) is 127 Å². The van der Waals surface area contributed by atoms with Crippen molar-refractivity contribution in [3.8, 4) is 51.1 Å². The first-order chi connectivity index (χ1) is 21.8. The first-order valence-corrected chi connectivity index (χ1v) is 14.5. The van der Waals surface area contributed by atoms with Crippen LogP contribution in [0.1, 0.15) is 5.56 Å². The van der Waals surface area contributed by atoms with Crippen molar-refractivity contribution in [1.29, 1.82) is 5.26 Å². The Hall–Kier alpha value is -6.18. The van der Waals surface area contributed by atoms with Crippen molar-refractivity contribution < 1.29 is 0 Å². The summed E-state index contributed by atoms with van der Waals surface area (Å²) in [7, 11) is 0. The Morgan fingerprint density at radius 3 is 1.64 bits per heavy atom. The van der Waals surface area contributed by atoms with Gasteiger partial charge in [0, 0.05) is 38.4 Å². The molecule has 0 aliphatic rings. The van der Waals surface area contributed by atoms with Crippen LogP contribution in [0.4, 0.5) is 0 Å². The molecular formula is C40H24N4. The first kappa shape index (κ1) is 25.5. The second-order valence-electron chi connectivity index (χ2n) is 10.7. The Morgan fingerprint density at radius 2 is 0.955 bits per heavy atom. The molecular weight excluding hydrogens is 536 g/mol. The van der Waals surface area contributed by atoms with Crippen LogP contribution in [0.25, 0.3) is 77.6 Å². The summed E-state index contributed by atoms with van der Waals surface area (Å²) < 4.78 is 0. The number of hydrogen-bond acceptors (Lipinski definition) is 4. The molecule has 0 atom stereocenters. The zero-order chi connectivity index (χ0) is 29.5. The van der Waals surface area contributed by atoms with Crippen LogP contribution >= 0.6 is 0 Å². The summed E-state index contributed by atoms with van der Waals surface area (Å²) in [6.07, 6.45) is 0. The van der Waals surface area contributed by atoms with Crippen LogP contribution < -0.4 is 0 Å². The number of para-hydroxylation sites is 1. The van der Waals surface area contributed by atoms with Gasteiger partial charge in [-0.25, -0.2) is 15.0 Å². The third kappa shape index (κ3) is 4.27. The highest BCUT2D eigenvalue weighted by Crippen LogP contribution is 2.43. The van der Waals surface area contributed by atoms with E-state index in [4.69, 9.17) is 15.0 Å². The maximum Gasteiger partial charge on any atom is 0.0991 e. The third-order valence-corrected chi connectivity index (χ3v) is 8.09. The summed E-state index contributed by atoms with van der Waals surface area (Å²) in [5.74, 6) is 0. The lowest BCUT2D eigenvalue weighted by Gasteiger charge is -2.19. The van der Waals surface area contributed by atoms with E-state index in [9.17, 15) is 5.26 Å². The van der Waals surface area contributed by atoms with Gasteiger partial charge >= 0.3 is 0 Å². The lowest BCUT2D eigenvalue weighted by atomic mass is 9.93. The van der Waals surface area contributed by atoms with Crippen molar-refractivity contribution in [2.75, 3.05) is 0 Å². The van der Waals surface area contributed by atoms with Crippen molar-refractivity contribution in [2.45, 2.75) is 0 Å². The van der Waals surface area contributed by atoms with Gasteiger partial charge in [0.05, 0.1) is 45.4 Å². The van der Waals surface area contributed by atoms with Gasteiger partial charge in [-0.3, -0.25) is 0 Å². The quantitative estimate of drug-likeness (QED) is 0.159. The van der Waals surface area contributed by atoms with Crippen molar-refractivity contribution in [3.63, 3.8) is 0 Å². The van der Waals surface area contributed by atoms with E-state index >= 15 is 0 Å². The fraction of sp³-hybridized carbons (Fsp3) is 0. The predicted octanol–water partition coefficient (Wildman–Crippen LogP) is 9.87. The van der Waals surface area contributed by atoms with Gasteiger partial charge in [-0.15, -0.1) is 0 Å². The summed E-state index contributed by atoms with van der Waals surface area (Å²) in [5, 5.41) is 13.8. The maximum absolute atomic E-state index is 9.53. The molecule has 8 rings (SSSR count). The van der Waals surface area contributed by atoms with Crippen molar-refractivity contribution in [2.24, 2.45) is 0 Å². The fourth-order valence-electron chi connectivity index (χ4n) is 5.99. The monoisotopic (exact) mass is 560 g/mol. The Labute approximate surface area is 254 Å². The number of pyridine rings is 1. The van der Waals surface area contributed by atoms with Crippen LogP contribution in [0.3, 0.4) is 0 Å². The number of nitrogens with zero attached hydrogens (tertiary/aromatic N) is 4. The molecule has 6 aromatic carbocycles. The number of benzene rings is 6. The van der Waals surface area contributed by atoms with Gasteiger partial charge in [-0.2, -0.15) is 5.26 Å². The van der Waals surface area contributed by atoms with Gasteiger partial charge in [0.25, 0.3) is 0 Å². The molecule has 0 bridgehead atoms. The van der Waals surface area contributed by atoms with E-state index in [0.717, 1.165) is 77.6 Å². The fourth-order valence-corrected chi connectivity index (χ4v) is 5.99. The Bertz CT molecular complexity index is 2370. The Kier molecular flexibility index (Phi) is 6.14. The number of aromatic nitrogens is 3. The molecule has 0 spiro atoms. The van der Waals surface area contributed by atoms with E-state index in [2.05, 4.69) is 78.9 Å². The minimum Gasteiger partial charge on any atom is -0.247 e. The molecule has 0 radical (unpaired) electrons. The van der Waals surface area contributed by atoms with Gasteiger partial charge in [0.1, 0.15) is 0 Å². The molecule has 8 aromatic rings. The number of fused-ring (bicyclic) bond motifs is 4. The van der Waals surface area contributed by atoms with Crippen LogP contribution in [0.15, 0.2) is 146 Å². The molecule has 2 heterocycles. The van der Waals surface area contributed by atoms with E-state index in [-0.39, 0.29) is 0 Å². The van der Waals surface area contributed by atoms with Gasteiger partial charge in [0.15, 0.2) is 0 Å². The lowest BCUT2D eigenvalue weighted by molar-refractivity contribution is 1.22. The summed E-state index contributed by atoms with van der Waals surface area (Å²) in [5.41, 5.74) is 9.38. The lowest BCUT2D eigenvalue weighted by Crippen LogP contribution is -2.02. The highest BCUT2D eigenvalue weighted by atomic mass is 14.9. The highest BCUT2D eigenvalue weighted by molar-refractivity contribution is 6.17. The van der Waals surface area contributed by atoms with Crippen molar-refractivity contribution >= 4 is 32.6 Å². The molecule has 0 N–H and O–H groups in total. The summed E-state index contributed by atoms with van der Waals surface area (Å²) in [4.78, 5) is 16.1. The molecule has 0 aliphatic carbocycles. The Morgan fingerprint density at radius 1 is 0.409 bits per heavy atom. The normalized spacial score (nSPS) is 11.2. The average Bonchev–Trinajstić information content (AvgIpc) is 3.11. The second-order valence-corrected chi connectivity index (χ2v) is 10.7. The van der Waals surface area contributed by atoms with Crippen LogP contribution in [0.5, 0.6) is 0 Å². The average molecular weight is 561 g/mol. The zero-order valence-corrected chi connectivity index (χ0v) is 23.6. The van der Waals surface area contributed by atoms with Gasteiger partial charge in [-0.05, 0) is 23.6 Å². The summed E-state index contributed by atoms with van der Waals surface area (Å²) in [6, 6.07) is 51.2. The molecule has 0 fully saturated rings. The Balaban J connectivity index is 1.56.